The Kier molecular flexibility index (Phi) is 4.61. The highest BCUT2D eigenvalue weighted by Crippen LogP contribution is 2.26. The van der Waals surface area contributed by atoms with E-state index >= 15 is 0 Å². The fourth-order valence-corrected chi connectivity index (χ4v) is 2.95. The highest BCUT2D eigenvalue weighted by atomic mass is 32.2. The van der Waals surface area contributed by atoms with E-state index in [1.807, 2.05) is 11.9 Å². The molecule has 16 heavy (non-hydrogen) atoms. The summed E-state index contributed by atoms with van der Waals surface area (Å²) in [6.45, 7) is 3.84. The Morgan fingerprint density at radius 3 is 2.75 bits per heavy atom. The molecule has 6 heteroatoms. The summed E-state index contributed by atoms with van der Waals surface area (Å²) in [5.74, 6) is 0.101. The molecule has 1 N–H and O–H groups in total. The van der Waals surface area contributed by atoms with Crippen molar-refractivity contribution in [3.05, 3.63) is 10.6 Å². The summed E-state index contributed by atoms with van der Waals surface area (Å²) in [7, 11) is 1.95. The predicted molar refractivity (Wildman–Crippen MR) is 70.1 cm³/mol. The average molecular weight is 260 g/mol. The van der Waals surface area contributed by atoms with E-state index in [1.165, 1.54) is 11.3 Å². The number of anilines is 1. The van der Waals surface area contributed by atoms with Gasteiger partial charge in [-0.05, 0) is 20.1 Å². The number of thioether (sulfide) groups is 1. The van der Waals surface area contributed by atoms with E-state index in [1.54, 1.807) is 18.7 Å². The molecule has 0 aliphatic rings. The maximum Gasteiger partial charge on any atom is 0.347 e. The number of carboxylic acids is 1. The van der Waals surface area contributed by atoms with Crippen LogP contribution >= 0.6 is 23.1 Å². The Morgan fingerprint density at radius 2 is 2.31 bits per heavy atom. The zero-order valence-electron chi connectivity index (χ0n) is 9.85. The van der Waals surface area contributed by atoms with Crippen LogP contribution in [0.5, 0.6) is 0 Å². The molecule has 90 valence electrons. The smallest absolute Gasteiger partial charge is 0.347 e. The van der Waals surface area contributed by atoms with E-state index in [2.05, 4.69) is 18.2 Å². The molecule has 1 unspecified atom stereocenters. The van der Waals surface area contributed by atoms with E-state index in [0.717, 1.165) is 10.9 Å². The molecule has 0 spiro atoms. The lowest BCUT2D eigenvalue weighted by molar-refractivity contribution is 0.0701. The Bertz CT molecular complexity index is 379. The van der Waals surface area contributed by atoms with Crippen molar-refractivity contribution in [2.75, 3.05) is 24.0 Å². The standard InChI is InChI=1S/C10H16N2O2S2/c1-6(5-15-4)12(3)10-11-7(2)8(16-10)9(13)14/h6H,5H2,1-4H3,(H,13,14). The number of carbonyl (C=O) groups is 1. The van der Waals surface area contributed by atoms with Crippen LogP contribution in [0.4, 0.5) is 5.13 Å². The molecule has 1 atom stereocenters. The number of carboxylic acid groups (broad SMARTS) is 1. The lowest BCUT2D eigenvalue weighted by Gasteiger charge is -2.23. The first kappa shape index (κ1) is 13.3. The van der Waals surface area contributed by atoms with E-state index < -0.39 is 5.97 Å². The Hall–Kier alpha value is -0.750. The number of aromatic carboxylic acids is 1. The number of hydrogen-bond donors (Lipinski definition) is 1. The van der Waals surface area contributed by atoms with Gasteiger partial charge in [-0.2, -0.15) is 11.8 Å². The SMILES string of the molecule is CSCC(C)N(C)c1nc(C)c(C(=O)O)s1. The molecule has 1 aromatic rings. The molecule has 1 aromatic heterocycles. The minimum absolute atomic E-state index is 0.332. The van der Waals surface area contributed by atoms with Crippen molar-refractivity contribution in [3.8, 4) is 0 Å². The van der Waals surface area contributed by atoms with Crippen molar-refractivity contribution >= 4 is 34.2 Å². The molecule has 0 fully saturated rings. The van der Waals surface area contributed by atoms with Gasteiger partial charge in [-0.15, -0.1) is 0 Å². The van der Waals surface area contributed by atoms with E-state index in [4.69, 9.17) is 5.11 Å². The van der Waals surface area contributed by atoms with Crippen LogP contribution in [0.1, 0.15) is 22.3 Å². The van der Waals surface area contributed by atoms with Crippen molar-refractivity contribution in [2.24, 2.45) is 0 Å². The quantitative estimate of drug-likeness (QED) is 0.880. The minimum Gasteiger partial charge on any atom is -0.477 e. The van der Waals surface area contributed by atoms with Crippen LogP contribution in [0.3, 0.4) is 0 Å². The molecule has 0 aliphatic heterocycles. The normalized spacial score (nSPS) is 12.5. The largest absolute Gasteiger partial charge is 0.477 e. The number of nitrogens with zero attached hydrogens (tertiary/aromatic N) is 2. The van der Waals surface area contributed by atoms with Gasteiger partial charge in [0.25, 0.3) is 0 Å². The van der Waals surface area contributed by atoms with Gasteiger partial charge < -0.3 is 10.0 Å². The van der Waals surface area contributed by atoms with Gasteiger partial charge in [0.2, 0.25) is 0 Å². The molecule has 1 rings (SSSR count). The summed E-state index contributed by atoms with van der Waals surface area (Å²) in [6.07, 6.45) is 2.06. The Balaban J connectivity index is 2.88. The summed E-state index contributed by atoms with van der Waals surface area (Å²) >= 11 is 3.00. The maximum absolute atomic E-state index is 10.9. The molecular formula is C10H16N2O2S2. The zero-order chi connectivity index (χ0) is 12.3. The highest BCUT2D eigenvalue weighted by Gasteiger charge is 2.18. The Labute approximate surface area is 104 Å². The molecule has 0 saturated carbocycles. The first-order valence-corrected chi connectivity index (χ1v) is 7.11. The number of aryl methyl sites for hydroxylation is 1. The first-order chi connectivity index (χ1) is 7.47. The molecule has 0 aliphatic carbocycles. The minimum atomic E-state index is -0.896. The molecule has 0 amide bonds. The van der Waals surface area contributed by atoms with Crippen LogP contribution in [0.2, 0.25) is 0 Å². The van der Waals surface area contributed by atoms with Crippen LogP contribution in [0.15, 0.2) is 0 Å². The van der Waals surface area contributed by atoms with Gasteiger partial charge in [0.05, 0.1) is 5.69 Å². The topological polar surface area (TPSA) is 53.4 Å². The number of rotatable bonds is 5. The van der Waals surface area contributed by atoms with Crippen LogP contribution < -0.4 is 4.90 Å². The van der Waals surface area contributed by atoms with Crippen molar-refractivity contribution < 1.29 is 9.90 Å². The second kappa shape index (κ2) is 5.54. The first-order valence-electron chi connectivity index (χ1n) is 4.89. The van der Waals surface area contributed by atoms with Crippen molar-refractivity contribution in [1.82, 2.24) is 4.98 Å². The lowest BCUT2D eigenvalue weighted by Crippen LogP contribution is -2.30. The molecule has 0 saturated heterocycles. The average Bonchev–Trinajstić information content (AvgIpc) is 2.59. The van der Waals surface area contributed by atoms with Gasteiger partial charge in [-0.1, -0.05) is 11.3 Å². The maximum atomic E-state index is 10.9. The van der Waals surface area contributed by atoms with Gasteiger partial charge in [0.15, 0.2) is 5.13 Å². The van der Waals surface area contributed by atoms with Crippen LogP contribution in [-0.2, 0) is 0 Å². The van der Waals surface area contributed by atoms with E-state index in [9.17, 15) is 4.79 Å². The third kappa shape index (κ3) is 2.89. The van der Waals surface area contributed by atoms with Gasteiger partial charge in [-0.25, -0.2) is 9.78 Å². The third-order valence-electron chi connectivity index (χ3n) is 2.35. The van der Waals surface area contributed by atoms with Gasteiger partial charge in [-0.3, -0.25) is 0 Å². The Morgan fingerprint density at radius 1 is 1.69 bits per heavy atom. The van der Waals surface area contributed by atoms with E-state index in [0.29, 0.717) is 16.6 Å². The second-order valence-corrected chi connectivity index (χ2v) is 5.52. The van der Waals surface area contributed by atoms with Gasteiger partial charge in [0.1, 0.15) is 4.88 Å². The van der Waals surface area contributed by atoms with E-state index in [-0.39, 0.29) is 0 Å². The molecule has 1 heterocycles. The summed E-state index contributed by atoms with van der Waals surface area (Å²) in [4.78, 5) is 17.6. The summed E-state index contributed by atoms with van der Waals surface area (Å²) < 4.78 is 0. The van der Waals surface area contributed by atoms with Crippen LogP contribution in [-0.4, -0.2) is 41.2 Å². The molecule has 4 nitrogen and oxygen atoms in total. The van der Waals surface area contributed by atoms with Crippen molar-refractivity contribution in [1.29, 1.82) is 0 Å². The highest BCUT2D eigenvalue weighted by molar-refractivity contribution is 7.98. The molecule has 0 bridgehead atoms. The number of thiazole rings is 1. The summed E-state index contributed by atoms with van der Waals surface area (Å²) in [5.41, 5.74) is 0.593. The predicted octanol–water partition coefficient (Wildman–Crippen LogP) is 2.34. The summed E-state index contributed by atoms with van der Waals surface area (Å²) in [6, 6.07) is 0.349. The second-order valence-electron chi connectivity index (χ2n) is 3.63. The zero-order valence-corrected chi connectivity index (χ0v) is 11.5. The monoisotopic (exact) mass is 260 g/mol. The molecule has 0 aromatic carbocycles. The van der Waals surface area contributed by atoms with Crippen LogP contribution in [0.25, 0.3) is 0 Å². The number of aromatic nitrogens is 1. The fourth-order valence-electron chi connectivity index (χ4n) is 1.27. The molecular weight excluding hydrogens is 244 g/mol. The third-order valence-corrected chi connectivity index (χ3v) is 4.40. The molecule has 0 radical (unpaired) electrons. The van der Waals surface area contributed by atoms with Crippen LogP contribution in [0, 0.1) is 6.92 Å². The van der Waals surface area contributed by atoms with Gasteiger partial charge >= 0.3 is 5.97 Å². The summed E-state index contributed by atoms with van der Waals surface area (Å²) in [5, 5.41) is 9.73. The lowest BCUT2D eigenvalue weighted by atomic mass is 10.4. The van der Waals surface area contributed by atoms with Gasteiger partial charge in [0, 0.05) is 18.8 Å². The number of hydrogen-bond acceptors (Lipinski definition) is 5. The van der Waals surface area contributed by atoms with Crippen molar-refractivity contribution in [2.45, 2.75) is 19.9 Å². The fraction of sp³-hybridized carbons (Fsp3) is 0.600. The van der Waals surface area contributed by atoms with Crippen molar-refractivity contribution in [3.63, 3.8) is 0 Å².